The Morgan fingerprint density at radius 3 is 2.51 bits per heavy atom. The zero-order valence-electron chi connectivity index (χ0n) is 22.5. The molecule has 12 nitrogen and oxygen atoms in total. The van der Waals surface area contributed by atoms with Crippen molar-refractivity contribution in [1.29, 1.82) is 0 Å². The molecule has 224 valence electrons. The Hall–Kier alpha value is -3.08. The van der Waals surface area contributed by atoms with Crippen molar-refractivity contribution in [1.82, 2.24) is 29.7 Å². The van der Waals surface area contributed by atoms with Crippen LogP contribution in [0, 0.1) is 0 Å². The molecule has 0 radical (unpaired) electrons. The number of pyridine rings is 1. The fourth-order valence-electron chi connectivity index (χ4n) is 4.19. The Labute approximate surface area is 239 Å². The van der Waals surface area contributed by atoms with Gasteiger partial charge in [0.25, 0.3) is 5.88 Å². The molecule has 0 spiro atoms. The number of sulfone groups is 1. The standard InChI is InChI=1S/C24H28ClF3N6O6S/c1-5-37-10-16-11-38-20-17(6-7-29-23(20)40-24(26,27)28)22-33-32-18(34(16)22)12-41(35,36)14(4)19(39-13(2)3)21-30-8-15(25)9-31-21/h6-9,13-14,16,19H,5,10-12H2,1-4H3/t14-,16+,19+/m0/s1. The summed E-state index contributed by atoms with van der Waals surface area (Å²) in [5.74, 6) is -1.44. The van der Waals surface area contributed by atoms with Gasteiger partial charge in [-0.2, -0.15) is 0 Å². The molecular formula is C24H28ClF3N6O6S. The molecule has 3 aromatic rings. The highest BCUT2D eigenvalue weighted by molar-refractivity contribution is 7.91. The van der Waals surface area contributed by atoms with E-state index >= 15 is 0 Å². The number of fused-ring (bicyclic) bond motifs is 3. The molecule has 4 heterocycles. The van der Waals surface area contributed by atoms with E-state index in [0.29, 0.717) is 6.61 Å². The number of ether oxygens (including phenoxy) is 4. The lowest BCUT2D eigenvalue weighted by molar-refractivity contribution is -0.276. The fraction of sp³-hybridized carbons (Fsp3) is 0.542. The molecular weight excluding hydrogens is 593 g/mol. The number of hydrogen-bond donors (Lipinski definition) is 0. The molecule has 4 rings (SSSR count). The predicted octanol–water partition coefficient (Wildman–Crippen LogP) is 4.12. The van der Waals surface area contributed by atoms with E-state index in [9.17, 15) is 21.6 Å². The molecule has 0 aliphatic carbocycles. The van der Waals surface area contributed by atoms with Gasteiger partial charge in [0.15, 0.2) is 27.2 Å². The summed E-state index contributed by atoms with van der Waals surface area (Å²) in [5, 5.41) is 7.41. The first-order chi connectivity index (χ1) is 19.3. The van der Waals surface area contributed by atoms with Crippen LogP contribution in [0.2, 0.25) is 5.02 Å². The summed E-state index contributed by atoms with van der Waals surface area (Å²) in [6, 6.07) is 0.696. The molecule has 41 heavy (non-hydrogen) atoms. The lowest BCUT2D eigenvalue weighted by atomic mass is 10.2. The summed E-state index contributed by atoms with van der Waals surface area (Å²) in [6.07, 6.45) is -2.61. The first kappa shape index (κ1) is 30.9. The second-order valence-electron chi connectivity index (χ2n) is 9.35. The molecule has 3 atom stereocenters. The summed E-state index contributed by atoms with van der Waals surface area (Å²) in [6.45, 7) is 6.91. The van der Waals surface area contributed by atoms with Crippen molar-refractivity contribution in [3.63, 3.8) is 0 Å². The zero-order chi connectivity index (χ0) is 29.9. The van der Waals surface area contributed by atoms with E-state index in [1.807, 2.05) is 0 Å². The quantitative estimate of drug-likeness (QED) is 0.306. The van der Waals surface area contributed by atoms with Gasteiger partial charge in [0.2, 0.25) is 0 Å². The Morgan fingerprint density at radius 1 is 1.17 bits per heavy atom. The highest BCUT2D eigenvalue weighted by Crippen LogP contribution is 2.42. The number of aromatic nitrogens is 6. The van der Waals surface area contributed by atoms with Gasteiger partial charge in [-0.3, -0.25) is 0 Å². The van der Waals surface area contributed by atoms with Crippen LogP contribution in [-0.2, 0) is 25.1 Å². The Morgan fingerprint density at radius 2 is 1.88 bits per heavy atom. The molecule has 1 aliphatic heterocycles. The molecule has 1 aliphatic rings. The minimum absolute atomic E-state index is 0.0310. The van der Waals surface area contributed by atoms with Gasteiger partial charge in [-0.15, -0.1) is 23.4 Å². The van der Waals surface area contributed by atoms with E-state index in [1.165, 1.54) is 30.0 Å². The Bertz CT molecular complexity index is 1460. The molecule has 0 saturated carbocycles. The van der Waals surface area contributed by atoms with E-state index in [-0.39, 0.29) is 53.1 Å². The number of nitrogens with zero attached hydrogens (tertiary/aromatic N) is 6. The first-order valence-electron chi connectivity index (χ1n) is 12.5. The van der Waals surface area contributed by atoms with Crippen LogP contribution >= 0.6 is 11.6 Å². The number of rotatable bonds is 11. The van der Waals surface area contributed by atoms with E-state index in [2.05, 4.69) is 29.9 Å². The lowest BCUT2D eigenvalue weighted by Crippen LogP contribution is -2.32. The van der Waals surface area contributed by atoms with Crippen molar-refractivity contribution in [2.75, 3.05) is 19.8 Å². The van der Waals surface area contributed by atoms with Gasteiger partial charge in [0.05, 0.1) is 34.6 Å². The van der Waals surface area contributed by atoms with Gasteiger partial charge >= 0.3 is 6.36 Å². The third kappa shape index (κ3) is 7.23. The maximum absolute atomic E-state index is 13.7. The number of hydrogen-bond acceptors (Lipinski definition) is 11. The maximum atomic E-state index is 13.7. The Kier molecular flexibility index (Phi) is 9.35. The number of halogens is 4. The van der Waals surface area contributed by atoms with Crippen molar-refractivity contribution < 1.29 is 40.5 Å². The maximum Gasteiger partial charge on any atom is 0.574 e. The predicted molar refractivity (Wildman–Crippen MR) is 139 cm³/mol. The topological polar surface area (TPSA) is 140 Å². The van der Waals surface area contributed by atoms with Crippen LogP contribution in [0.25, 0.3) is 11.4 Å². The third-order valence-electron chi connectivity index (χ3n) is 6.03. The zero-order valence-corrected chi connectivity index (χ0v) is 24.1. The van der Waals surface area contributed by atoms with Crippen LogP contribution in [0.4, 0.5) is 13.2 Å². The largest absolute Gasteiger partial charge is 0.574 e. The molecule has 0 unspecified atom stereocenters. The van der Waals surface area contributed by atoms with E-state index < -0.39 is 45.2 Å². The van der Waals surface area contributed by atoms with Crippen molar-refractivity contribution in [3.05, 3.63) is 41.3 Å². The van der Waals surface area contributed by atoms with Crippen molar-refractivity contribution in [3.8, 4) is 23.0 Å². The summed E-state index contributed by atoms with van der Waals surface area (Å²) in [5.41, 5.74) is 0.0954. The number of alkyl halides is 3. The summed E-state index contributed by atoms with van der Waals surface area (Å²) < 4.78 is 89.4. The average Bonchev–Trinajstić information content (AvgIpc) is 3.21. The molecule has 0 amide bonds. The second-order valence-corrected chi connectivity index (χ2v) is 12.1. The molecule has 0 saturated heterocycles. The molecule has 0 N–H and O–H groups in total. The van der Waals surface area contributed by atoms with Crippen LogP contribution in [-0.4, -0.2) is 75.7 Å². The summed E-state index contributed by atoms with van der Waals surface area (Å²) >= 11 is 5.90. The molecule has 0 bridgehead atoms. The van der Waals surface area contributed by atoms with E-state index in [1.54, 1.807) is 20.8 Å². The van der Waals surface area contributed by atoms with Gasteiger partial charge in [0.1, 0.15) is 24.3 Å². The fourth-order valence-corrected chi connectivity index (χ4v) is 5.67. The lowest BCUT2D eigenvalue weighted by Gasteiger charge is -2.25. The third-order valence-corrected chi connectivity index (χ3v) is 8.26. The highest BCUT2D eigenvalue weighted by atomic mass is 35.5. The van der Waals surface area contributed by atoms with Crippen molar-refractivity contribution in [2.24, 2.45) is 0 Å². The van der Waals surface area contributed by atoms with Crippen LogP contribution < -0.4 is 9.47 Å². The van der Waals surface area contributed by atoms with E-state index in [4.69, 9.17) is 25.8 Å². The average molecular weight is 621 g/mol. The van der Waals surface area contributed by atoms with Crippen LogP contribution in [0.15, 0.2) is 24.7 Å². The molecule has 17 heteroatoms. The minimum Gasteiger partial charge on any atom is -0.485 e. The van der Waals surface area contributed by atoms with Gasteiger partial charge in [-0.05, 0) is 33.8 Å². The summed E-state index contributed by atoms with van der Waals surface area (Å²) in [4.78, 5) is 12.0. The highest BCUT2D eigenvalue weighted by Gasteiger charge is 2.39. The van der Waals surface area contributed by atoms with Gasteiger partial charge < -0.3 is 23.5 Å². The Balaban J connectivity index is 1.74. The van der Waals surface area contributed by atoms with Crippen LogP contribution in [0.5, 0.6) is 11.6 Å². The van der Waals surface area contributed by atoms with Gasteiger partial charge in [-0.1, -0.05) is 11.6 Å². The molecule has 0 aromatic carbocycles. The van der Waals surface area contributed by atoms with Gasteiger partial charge in [-0.25, -0.2) is 23.4 Å². The molecule has 0 fully saturated rings. The normalized spacial score (nSPS) is 16.9. The monoisotopic (exact) mass is 620 g/mol. The van der Waals surface area contributed by atoms with Crippen molar-refractivity contribution >= 4 is 21.4 Å². The second kappa shape index (κ2) is 12.4. The first-order valence-corrected chi connectivity index (χ1v) is 14.6. The van der Waals surface area contributed by atoms with Crippen LogP contribution in [0.1, 0.15) is 51.5 Å². The van der Waals surface area contributed by atoms with Gasteiger partial charge in [0, 0.05) is 25.2 Å². The van der Waals surface area contributed by atoms with Crippen molar-refractivity contribution in [2.45, 2.75) is 63.3 Å². The summed E-state index contributed by atoms with van der Waals surface area (Å²) in [7, 11) is -4.01. The van der Waals surface area contributed by atoms with E-state index in [0.717, 1.165) is 6.20 Å². The van der Waals surface area contributed by atoms with Crippen LogP contribution in [0.3, 0.4) is 0 Å². The minimum atomic E-state index is -5.02. The SMILES string of the molecule is CCOC[C@@H]1COc2c(ccnc2OC(F)(F)F)-c2nnc(CS(=O)(=O)[C@@H](C)[C@@H](OC(C)C)c3ncc(Cl)cn3)n21. The molecule has 3 aromatic heterocycles. The smallest absolute Gasteiger partial charge is 0.485 e.